The predicted octanol–water partition coefficient (Wildman–Crippen LogP) is 2.71. The second kappa shape index (κ2) is 13.2. The molecule has 12 nitrogen and oxygen atoms in total. The lowest BCUT2D eigenvalue weighted by Gasteiger charge is -2.39. The van der Waals surface area contributed by atoms with Gasteiger partial charge < -0.3 is 39.5 Å². The topological polar surface area (TPSA) is 144 Å². The summed E-state index contributed by atoms with van der Waals surface area (Å²) in [6.07, 6.45) is -0.222. The monoisotopic (exact) mass is 617 g/mol. The Balaban J connectivity index is 1.19. The number of benzene rings is 3. The second-order valence-electron chi connectivity index (χ2n) is 10.8. The Bertz CT molecular complexity index is 1690. The van der Waals surface area contributed by atoms with Crippen molar-refractivity contribution < 1.29 is 37.7 Å². The minimum Gasteiger partial charge on any atom is -0.493 e. The molecular weight excluding hydrogens is 585 g/mol. The maximum Gasteiger partial charge on any atom is 0.258 e. The summed E-state index contributed by atoms with van der Waals surface area (Å²) < 4.78 is 37.4. The van der Waals surface area contributed by atoms with Crippen LogP contribution in [-0.2, 0) is 27.5 Å². The number of amides is 3. The van der Waals surface area contributed by atoms with Crippen molar-refractivity contribution in [1.29, 1.82) is 0 Å². The molecule has 234 valence electrons. The van der Waals surface area contributed by atoms with E-state index in [-0.39, 0.29) is 55.9 Å². The molecule has 3 N–H and O–H groups in total. The van der Waals surface area contributed by atoms with Crippen molar-refractivity contribution in [3.8, 4) is 17.2 Å². The van der Waals surface area contributed by atoms with Crippen LogP contribution in [0.3, 0.4) is 0 Å². The largest absolute Gasteiger partial charge is 0.493 e. The number of nitrogens with zero attached hydrogens (tertiary/aromatic N) is 2. The highest BCUT2D eigenvalue weighted by atomic mass is 19.1. The molecule has 6 rings (SSSR count). The molecule has 0 spiro atoms. The maximum atomic E-state index is 14.5. The molecular formula is C32H32FN5O7. The fourth-order valence-corrected chi connectivity index (χ4v) is 5.38. The Morgan fingerprint density at radius 3 is 2.84 bits per heavy atom. The number of aromatic nitrogens is 2. The normalized spacial score (nSPS) is 18.7. The number of fused-ring (bicyclic) bond motifs is 6. The highest BCUT2D eigenvalue weighted by Crippen LogP contribution is 2.29. The Labute approximate surface area is 257 Å². The van der Waals surface area contributed by atoms with Crippen LogP contribution in [0.15, 0.2) is 60.7 Å². The molecule has 0 aliphatic carbocycles. The zero-order chi connectivity index (χ0) is 31.3. The number of carbonyl (C=O) groups is 3. The fourth-order valence-electron chi connectivity index (χ4n) is 5.38. The number of piperidine rings is 1. The molecule has 2 aliphatic heterocycles. The van der Waals surface area contributed by atoms with Crippen LogP contribution in [0.25, 0.3) is 11.0 Å². The van der Waals surface area contributed by atoms with Crippen LogP contribution < -0.4 is 24.8 Å². The van der Waals surface area contributed by atoms with Crippen molar-refractivity contribution in [2.45, 2.75) is 31.7 Å². The van der Waals surface area contributed by atoms with Crippen LogP contribution in [0.1, 0.15) is 28.2 Å². The number of carbonyl (C=O) groups excluding carboxylic acids is 3. The van der Waals surface area contributed by atoms with Crippen LogP contribution in [0.2, 0.25) is 0 Å². The molecule has 0 saturated carbocycles. The number of rotatable bonds is 5. The minimum absolute atomic E-state index is 0.0502. The number of hydrogen-bond donors (Lipinski definition) is 3. The number of para-hydroxylation sites is 2. The number of methoxy groups -OCH3 is 1. The van der Waals surface area contributed by atoms with Crippen LogP contribution >= 0.6 is 0 Å². The minimum atomic E-state index is -0.642. The van der Waals surface area contributed by atoms with E-state index in [0.717, 1.165) is 11.0 Å². The number of likely N-dealkylation sites (tertiary alicyclic amines) is 1. The van der Waals surface area contributed by atoms with E-state index in [1.54, 1.807) is 23.1 Å². The molecule has 2 atom stereocenters. The van der Waals surface area contributed by atoms with Gasteiger partial charge in [-0.3, -0.25) is 14.4 Å². The van der Waals surface area contributed by atoms with E-state index in [1.807, 2.05) is 24.3 Å². The van der Waals surface area contributed by atoms with E-state index in [9.17, 15) is 18.8 Å². The number of aromatic amines is 1. The van der Waals surface area contributed by atoms with E-state index in [2.05, 4.69) is 20.6 Å². The highest BCUT2D eigenvalue weighted by Gasteiger charge is 2.35. The maximum absolute atomic E-state index is 14.5. The summed E-state index contributed by atoms with van der Waals surface area (Å²) in [7, 11) is 1.45. The molecule has 0 unspecified atom stereocenters. The number of halogens is 1. The first-order valence-electron chi connectivity index (χ1n) is 14.5. The highest BCUT2D eigenvalue weighted by molar-refractivity contribution is 5.95. The summed E-state index contributed by atoms with van der Waals surface area (Å²) in [6.45, 7) is 0.129. The first-order chi connectivity index (χ1) is 21.8. The molecule has 2 aliphatic rings. The molecule has 0 radical (unpaired) electrons. The van der Waals surface area contributed by atoms with E-state index < -0.39 is 29.8 Å². The average Bonchev–Trinajstić information content (AvgIpc) is 3.45. The van der Waals surface area contributed by atoms with Crippen molar-refractivity contribution in [1.82, 2.24) is 25.5 Å². The van der Waals surface area contributed by atoms with Gasteiger partial charge >= 0.3 is 0 Å². The third-order valence-corrected chi connectivity index (χ3v) is 7.61. The Morgan fingerprint density at radius 2 is 2.00 bits per heavy atom. The van der Waals surface area contributed by atoms with E-state index in [4.69, 9.17) is 18.9 Å². The first-order valence-corrected chi connectivity index (χ1v) is 14.5. The fraction of sp³-hybridized carbons (Fsp3) is 0.312. The first kappa shape index (κ1) is 29.9. The van der Waals surface area contributed by atoms with E-state index >= 15 is 0 Å². The Morgan fingerprint density at radius 1 is 1.13 bits per heavy atom. The zero-order valence-corrected chi connectivity index (χ0v) is 24.5. The van der Waals surface area contributed by atoms with Gasteiger partial charge in [-0.05, 0) is 48.0 Å². The zero-order valence-electron chi connectivity index (χ0n) is 24.5. The van der Waals surface area contributed by atoms with Gasteiger partial charge in [-0.1, -0.05) is 12.1 Å². The van der Waals surface area contributed by atoms with Gasteiger partial charge in [-0.2, -0.15) is 0 Å². The predicted molar refractivity (Wildman–Crippen MR) is 159 cm³/mol. The van der Waals surface area contributed by atoms with Gasteiger partial charge in [-0.25, -0.2) is 9.37 Å². The van der Waals surface area contributed by atoms with Gasteiger partial charge in [0, 0.05) is 37.7 Å². The van der Waals surface area contributed by atoms with E-state index in [0.29, 0.717) is 30.1 Å². The molecule has 4 bridgehead atoms. The summed E-state index contributed by atoms with van der Waals surface area (Å²) in [6, 6.07) is 15.8. The summed E-state index contributed by atoms with van der Waals surface area (Å²) in [5.74, 6) is -0.287. The molecule has 3 heterocycles. The van der Waals surface area contributed by atoms with E-state index in [1.165, 1.54) is 25.3 Å². The quantitative estimate of drug-likeness (QED) is 0.310. The van der Waals surface area contributed by atoms with Crippen LogP contribution in [0.5, 0.6) is 17.2 Å². The van der Waals surface area contributed by atoms with Crippen molar-refractivity contribution in [2.24, 2.45) is 0 Å². The number of H-pyrrole nitrogens is 1. The average molecular weight is 618 g/mol. The Hall–Kier alpha value is -5.17. The summed E-state index contributed by atoms with van der Waals surface area (Å²) in [5.41, 5.74) is 2.43. The lowest BCUT2D eigenvalue weighted by atomic mass is 10.0. The SMILES string of the molecule is COc1ccc2cc1OCC(=O)NCc1cc(F)cc(c1)O[C@@H]1CCN(C(=O)COCc3nc4ccccc4[nH]3)C[C@@H]1NC2=O. The van der Waals surface area contributed by atoms with Gasteiger partial charge in [0.05, 0.1) is 24.2 Å². The summed E-state index contributed by atoms with van der Waals surface area (Å²) >= 11 is 0. The lowest BCUT2D eigenvalue weighted by molar-refractivity contribution is -0.139. The number of ether oxygens (including phenoxy) is 4. The molecule has 1 aromatic heterocycles. The molecule has 1 fully saturated rings. The Kier molecular flexibility index (Phi) is 8.78. The van der Waals surface area contributed by atoms with Gasteiger partial charge in [0.1, 0.15) is 36.7 Å². The summed E-state index contributed by atoms with van der Waals surface area (Å²) in [4.78, 5) is 48.3. The second-order valence-corrected chi connectivity index (χ2v) is 10.8. The van der Waals surface area contributed by atoms with Crippen molar-refractivity contribution in [3.05, 3.63) is 83.4 Å². The lowest BCUT2D eigenvalue weighted by Crippen LogP contribution is -2.58. The molecule has 45 heavy (non-hydrogen) atoms. The molecule has 4 aromatic rings. The van der Waals surface area contributed by atoms with Gasteiger partial charge in [0.15, 0.2) is 18.1 Å². The standard InChI is InChI=1S/C32H32FN5O7/c1-42-27-7-6-20-12-28(27)44-17-30(39)34-14-19-10-21(33)13-22(11-19)45-26-8-9-38(15-25(26)37-32(20)41)31(40)18-43-16-29-35-23-4-2-3-5-24(23)36-29/h2-7,10-13,25-26H,8-9,14-18H2,1H3,(H,34,39)(H,35,36)(H,37,41)/t25-,26+/m0/s1. The molecule has 3 amide bonds. The number of imidazole rings is 1. The van der Waals surface area contributed by atoms with Crippen molar-refractivity contribution in [2.75, 3.05) is 33.4 Å². The van der Waals surface area contributed by atoms with Crippen LogP contribution in [0.4, 0.5) is 4.39 Å². The van der Waals surface area contributed by atoms with Gasteiger partial charge in [0.2, 0.25) is 5.91 Å². The third-order valence-electron chi connectivity index (χ3n) is 7.61. The third kappa shape index (κ3) is 7.15. The number of hydrogen-bond acceptors (Lipinski definition) is 8. The number of nitrogens with one attached hydrogen (secondary N) is 3. The smallest absolute Gasteiger partial charge is 0.258 e. The van der Waals surface area contributed by atoms with Gasteiger partial charge in [0.25, 0.3) is 11.8 Å². The van der Waals surface area contributed by atoms with Crippen molar-refractivity contribution in [3.63, 3.8) is 0 Å². The molecule has 3 aromatic carbocycles. The van der Waals surface area contributed by atoms with Gasteiger partial charge in [-0.15, -0.1) is 0 Å². The molecule has 1 saturated heterocycles. The van der Waals surface area contributed by atoms with Crippen LogP contribution in [0, 0.1) is 5.82 Å². The van der Waals surface area contributed by atoms with Crippen LogP contribution in [-0.4, -0.2) is 78.1 Å². The molecule has 13 heteroatoms. The van der Waals surface area contributed by atoms with Crippen molar-refractivity contribution >= 4 is 28.8 Å². The summed E-state index contributed by atoms with van der Waals surface area (Å²) in [5, 5.41) is 5.67.